The van der Waals surface area contributed by atoms with E-state index >= 15 is 0 Å². The zero-order valence-electron chi connectivity index (χ0n) is 25.6. The van der Waals surface area contributed by atoms with Crippen molar-refractivity contribution in [3.8, 4) is 12.3 Å². The molecule has 3 aromatic rings. The van der Waals surface area contributed by atoms with Crippen LogP contribution in [0.15, 0.2) is 30.6 Å². The number of nitrogens with one attached hydrogen (secondary N) is 1. The summed E-state index contributed by atoms with van der Waals surface area (Å²) < 4.78 is 27.3. The van der Waals surface area contributed by atoms with Gasteiger partial charge in [0.15, 0.2) is 17.0 Å². The molecule has 0 radical (unpaired) electrons. The van der Waals surface area contributed by atoms with E-state index < -0.39 is 30.2 Å². The lowest BCUT2D eigenvalue weighted by Gasteiger charge is -2.26. The van der Waals surface area contributed by atoms with E-state index in [4.69, 9.17) is 15.9 Å². The standard InChI is InChI=1S/C33H42FN5O5/c1-4-6-7-8-9-10-11-12-13-14-15-20-26(41)36-29-28-30(38-32(34)37-29)39(22-35-28)27-21-25(40)33(5-2,43-27)44-31(42)24-19-17-16-18-23(24)3/h2,16-19,22,25,27,40H,4,6-15,20-21H2,1,3H3,(H,36,37,38,41)/t25-,27+,33+/m0/s1. The molecule has 2 aromatic heterocycles. The van der Waals surface area contributed by atoms with E-state index in [1.807, 2.05) is 0 Å². The number of nitrogens with zero attached hydrogens (tertiary/aromatic N) is 4. The molecule has 4 rings (SSSR count). The van der Waals surface area contributed by atoms with Gasteiger partial charge in [-0.2, -0.15) is 14.4 Å². The number of aliphatic hydroxyl groups is 1. The summed E-state index contributed by atoms with van der Waals surface area (Å²) in [5.74, 6) is -0.929. The normalized spacial score (nSPS) is 19.6. The van der Waals surface area contributed by atoms with E-state index in [1.54, 1.807) is 31.2 Å². The van der Waals surface area contributed by atoms with Crippen molar-refractivity contribution in [2.45, 2.75) is 115 Å². The minimum Gasteiger partial charge on any atom is -0.415 e. The average molecular weight is 608 g/mol. The van der Waals surface area contributed by atoms with Crippen LogP contribution in [0.5, 0.6) is 0 Å². The van der Waals surface area contributed by atoms with Crippen molar-refractivity contribution in [3.05, 3.63) is 47.8 Å². The molecule has 0 unspecified atom stereocenters. The number of terminal acetylenes is 1. The summed E-state index contributed by atoms with van der Waals surface area (Å²) in [6.45, 7) is 3.97. The minimum atomic E-state index is -2.09. The first-order valence-electron chi connectivity index (χ1n) is 15.6. The van der Waals surface area contributed by atoms with Crippen LogP contribution in [0.3, 0.4) is 0 Å². The van der Waals surface area contributed by atoms with Crippen LogP contribution in [0.2, 0.25) is 0 Å². The number of imidazole rings is 1. The van der Waals surface area contributed by atoms with Crippen LogP contribution >= 0.6 is 0 Å². The van der Waals surface area contributed by atoms with Gasteiger partial charge in [0.1, 0.15) is 12.3 Å². The van der Waals surface area contributed by atoms with Gasteiger partial charge in [-0.1, -0.05) is 89.3 Å². The highest BCUT2D eigenvalue weighted by Crippen LogP contribution is 2.39. The van der Waals surface area contributed by atoms with E-state index in [9.17, 15) is 19.1 Å². The van der Waals surface area contributed by atoms with Crippen LogP contribution < -0.4 is 5.32 Å². The van der Waals surface area contributed by atoms with Gasteiger partial charge < -0.3 is 19.9 Å². The lowest BCUT2D eigenvalue weighted by molar-refractivity contribution is -0.197. The van der Waals surface area contributed by atoms with Gasteiger partial charge in [0.25, 0.3) is 0 Å². The van der Waals surface area contributed by atoms with Crippen LogP contribution in [0, 0.1) is 25.3 Å². The number of hydrogen-bond acceptors (Lipinski definition) is 8. The van der Waals surface area contributed by atoms with Crippen LogP contribution in [0.1, 0.15) is 113 Å². The van der Waals surface area contributed by atoms with Crippen LogP contribution in [0.25, 0.3) is 11.2 Å². The number of unbranched alkanes of at least 4 members (excludes halogenated alkanes) is 10. The van der Waals surface area contributed by atoms with E-state index in [0.29, 0.717) is 5.56 Å². The van der Waals surface area contributed by atoms with Crippen molar-refractivity contribution >= 4 is 28.9 Å². The predicted octanol–water partition coefficient (Wildman–Crippen LogP) is 6.38. The minimum absolute atomic E-state index is 0.0257. The van der Waals surface area contributed by atoms with Crippen molar-refractivity contribution in [2.75, 3.05) is 5.32 Å². The summed E-state index contributed by atoms with van der Waals surface area (Å²) in [6, 6.07) is 6.78. The highest BCUT2D eigenvalue weighted by atomic mass is 19.1. The van der Waals surface area contributed by atoms with Crippen LogP contribution in [-0.2, 0) is 14.3 Å². The number of fused-ring (bicyclic) bond motifs is 1. The summed E-state index contributed by atoms with van der Waals surface area (Å²) >= 11 is 0. The number of anilines is 1. The Morgan fingerprint density at radius 1 is 1.11 bits per heavy atom. The molecule has 0 bridgehead atoms. The maximum Gasteiger partial charge on any atom is 0.341 e. The highest BCUT2D eigenvalue weighted by Gasteiger charge is 2.52. The molecule has 10 nitrogen and oxygen atoms in total. The van der Waals surface area contributed by atoms with Crippen molar-refractivity contribution in [1.29, 1.82) is 0 Å². The Bertz CT molecular complexity index is 1470. The van der Waals surface area contributed by atoms with Gasteiger partial charge in [-0.3, -0.25) is 9.36 Å². The molecule has 0 aliphatic carbocycles. The molecule has 2 N–H and O–H groups in total. The fourth-order valence-electron chi connectivity index (χ4n) is 5.42. The molecule has 0 saturated carbocycles. The average Bonchev–Trinajstić information content (AvgIpc) is 3.57. The van der Waals surface area contributed by atoms with Crippen LogP contribution in [-0.4, -0.2) is 48.4 Å². The van der Waals surface area contributed by atoms with Gasteiger partial charge in [0.2, 0.25) is 5.91 Å². The lowest BCUT2D eigenvalue weighted by atomic mass is 10.1. The maximum absolute atomic E-state index is 14.5. The predicted molar refractivity (Wildman–Crippen MR) is 164 cm³/mol. The Hall–Kier alpha value is -3.88. The van der Waals surface area contributed by atoms with Gasteiger partial charge in [-0.15, -0.1) is 6.42 Å². The second-order valence-electron chi connectivity index (χ2n) is 11.3. The Morgan fingerprint density at radius 2 is 1.77 bits per heavy atom. The van der Waals surface area contributed by atoms with Gasteiger partial charge in [0, 0.05) is 12.8 Å². The summed E-state index contributed by atoms with van der Waals surface area (Å²) in [5, 5.41) is 13.5. The first-order valence-corrected chi connectivity index (χ1v) is 15.6. The molecule has 3 heterocycles. The van der Waals surface area contributed by atoms with Crippen molar-refractivity contribution in [1.82, 2.24) is 19.5 Å². The van der Waals surface area contributed by atoms with Gasteiger partial charge in [-0.25, -0.2) is 9.78 Å². The number of carbonyl (C=O) groups excluding carboxylic acids is 2. The summed E-state index contributed by atoms with van der Waals surface area (Å²) in [7, 11) is 0. The third kappa shape index (κ3) is 8.18. The first-order chi connectivity index (χ1) is 21.3. The van der Waals surface area contributed by atoms with E-state index in [2.05, 4.69) is 33.1 Å². The number of carbonyl (C=O) groups is 2. The van der Waals surface area contributed by atoms with Crippen molar-refractivity contribution in [2.24, 2.45) is 0 Å². The molecule has 236 valence electrons. The first kappa shape index (κ1) is 33.0. The number of amides is 1. The number of hydrogen-bond donors (Lipinski definition) is 2. The fraction of sp³-hybridized carbons (Fsp3) is 0.545. The zero-order valence-corrected chi connectivity index (χ0v) is 25.6. The Balaban J connectivity index is 1.33. The lowest BCUT2D eigenvalue weighted by Crippen LogP contribution is -2.42. The fourth-order valence-corrected chi connectivity index (χ4v) is 5.42. The molecule has 1 saturated heterocycles. The highest BCUT2D eigenvalue weighted by molar-refractivity contribution is 5.96. The summed E-state index contributed by atoms with van der Waals surface area (Å²) in [5.41, 5.74) is 1.11. The summed E-state index contributed by atoms with van der Waals surface area (Å²) in [6.07, 6.45) is 16.6. The van der Waals surface area contributed by atoms with E-state index in [1.165, 1.54) is 55.8 Å². The molecule has 1 aliphatic rings. The van der Waals surface area contributed by atoms with Gasteiger partial charge in [-0.05, 0) is 30.9 Å². The number of rotatable bonds is 16. The molecule has 44 heavy (non-hydrogen) atoms. The van der Waals surface area contributed by atoms with Gasteiger partial charge in [0.05, 0.1) is 11.9 Å². The Kier molecular flexibility index (Phi) is 11.8. The molecule has 1 amide bonds. The van der Waals surface area contributed by atoms with Crippen molar-refractivity contribution in [3.63, 3.8) is 0 Å². The molecule has 3 atom stereocenters. The zero-order chi connectivity index (χ0) is 31.5. The van der Waals surface area contributed by atoms with Crippen molar-refractivity contribution < 1.29 is 28.6 Å². The number of halogens is 1. The SMILES string of the molecule is C#C[C@]1(OC(=O)c2ccccc2C)O[C@@H](n2cnc3c(NC(=O)CCCCCCCCCCCCC)nc(F)nc32)C[C@@H]1O. The molecular weight excluding hydrogens is 565 g/mol. The third-order valence-corrected chi connectivity index (χ3v) is 7.95. The second-order valence-corrected chi connectivity index (χ2v) is 11.3. The number of aliphatic hydroxyl groups excluding tert-OH is 1. The van der Waals surface area contributed by atoms with E-state index in [0.717, 1.165) is 25.7 Å². The third-order valence-electron chi connectivity index (χ3n) is 7.95. The number of aromatic nitrogens is 4. The number of benzene rings is 1. The number of ether oxygens (including phenoxy) is 2. The van der Waals surface area contributed by atoms with E-state index in [-0.39, 0.29) is 41.3 Å². The molecule has 1 aromatic carbocycles. The quantitative estimate of drug-likeness (QED) is 0.0831. The summed E-state index contributed by atoms with van der Waals surface area (Å²) in [4.78, 5) is 37.4. The Labute approximate surface area is 257 Å². The topological polar surface area (TPSA) is 128 Å². The number of aryl methyl sites for hydroxylation is 1. The molecule has 0 spiro atoms. The Morgan fingerprint density at radius 3 is 2.43 bits per heavy atom. The maximum atomic E-state index is 14.5. The second kappa shape index (κ2) is 15.7. The number of esters is 1. The molecule has 11 heteroatoms. The van der Waals surface area contributed by atoms with Gasteiger partial charge >= 0.3 is 17.8 Å². The molecule has 1 fully saturated rings. The molecular formula is C33H42FN5O5. The van der Waals surface area contributed by atoms with Crippen LogP contribution in [0.4, 0.5) is 10.2 Å². The smallest absolute Gasteiger partial charge is 0.341 e. The monoisotopic (exact) mass is 607 g/mol. The molecule has 1 aliphatic heterocycles. The largest absolute Gasteiger partial charge is 0.415 e.